The van der Waals surface area contributed by atoms with Gasteiger partial charge in [0.05, 0.1) is 25.6 Å². The maximum atomic E-state index is 12.2. The van der Waals surface area contributed by atoms with Gasteiger partial charge in [-0.3, -0.25) is 9.10 Å². The number of nitrogens with one attached hydrogen (secondary N) is 1. The van der Waals surface area contributed by atoms with Crippen LogP contribution in [0.5, 0.6) is 5.75 Å². The first kappa shape index (κ1) is 23.6. The summed E-state index contributed by atoms with van der Waals surface area (Å²) in [5.41, 5.74) is 1.18. The molecule has 3 rings (SSSR count). The number of ether oxygens (including phenoxy) is 1. The molecule has 0 bridgehead atoms. The third kappa shape index (κ3) is 6.44. The van der Waals surface area contributed by atoms with Crippen molar-refractivity contribution in [3.63, 3.8) is 0 Å². The van der Waals surface area contributed by atoms with Gasteiger partial charge in [0.15, 0.2) is 0 Å². The highest BCUT2D eigenvalue weighted by Crippen LogP contribution is 2.23. The summed E-state index contributed by atoms with van der Waals surface area (Å²) in [5.74, 6) is 0.915. The van der Waals surface area contributed by atoms with Crippen molar-refractivity contribution < 1.29 is 22.5 Å². The number of nitrogens with zero attached hydrogens (tertiary/aromatic N) is 3. The fourth-order valence-corrected chi connectivity index (χ4v) is 4.12. The van der Waals surface area contributed by atoms with Crippen LogP contribution in [0.2, 0.25) is 5.02 Å². The van der Waals surface area contributed by atoms with Crippen molar-refractivity contribution in [2.75, 3.05) is 24.2 Å². The largest absolute Gasteiger partial charge is 0.497 e. The van der Waals surface area contributed by atoms with Crippen molar-refractivity contribution in [1.82, 2.24) is 15.5 Å². The van der Waals surface area contributed by atoms with Gasteiger partial charge in [0.2, 0.25) is 27.6 Å². The minimum atomic E-state index is -3.52. The minimum Gasteiger partial charge on any atom is -0.497 e. The van der Waals surface area contributed by atoms with Gasteiger partial charge in [-0.25, -0.2) is 8.42 Å². The summed E-state index contributed by atoms with van der Waals surface area (Å²) in [7, 11) is -2.01. The topological polar surface area (TPSA) is 115 Å². The lowest BCUT2D eigenvalue weighted by molar-refractivity contribution is -0.121. The molecule has 0 saturated carbocycles. The second kappa shape index (κ2) is 10.5. The SMILES string of the molecule is COc1cccc(N(CCCC(=O)NCc2nc(-c3cccc(Cl)c3)no2)S(C)(=O)=O)c1. The van der Waals surface area contributed by atoms with E-state index in [1.807, 2.05) is 0 Å². The summed E-state index contributed by atoms with van der Waals surface area (Å²) in [6.45, 7) is 0.219. The van der Waals surface area contributed by atoms with Crippen molar-refractivity contribution >= 4 is 33.2 Å². The van der Waals surface area contributed by atoms with Crippen molar-refractivity contribution in [2.45, 2.75) is 19.4 Å². The Balaban J connectivity index is 1.52. The van der Waals surface area contributed by atoms with E-state index in [1.54, 1.807) is 48.5 Å². The Morgan fingerprint density at radius 1 is 1.22 bits per heavy atom. The van der Waals surface area contributed by atoms with Crippen LogP contribution < -0.4 is 14.4 Å². The van der Waals surface area contributed by atoms with Gasteiger partial charge in [-0.1, -0.05) is 35.0 Å². The van der Waals surface area contributed by atoms with Gasteiger partial charge >= 0.3 is 0 Å². The number of methoxy groups -OCH3 is 1. The van der Waals surface area contributed by atoms with Crippen LogP contribution in [-0.4, -0.2) is 44.4 Å². The third-order valence-corrected chi connectivity index (χ3v) is 5.92. The summed E-state index contributed by atoms with van der Waals surface area (Å²) < 4.78 is 36.0. The fourth-order valence-electron chi connectivity index (χ4n) is 2.97. The van der Waals surface area contributed by atoms with E-state index >= 15 is 0 Å². The lowest BCUT2D eigenvalue weighted by Gasteiger charge is -2.22. The standard InChI is InChI=1S/C21H23ClN4O5S/c1-30-18-9-4-8-17(13-18)26(32(2,28)29)11-5-10-19(27)23-14-20-24-21(25-31-20)15-6-3-7-16(22)12-15/h3-4,6-9,12-13H,5,10-11,14H2,1-2H3,(H,23,27). The summed E-state index contributed by atoms with van der Waals surface area (Å²) >= 11 is 5.97. The van der Waals surface area contributed by atoms with E-state index in [-0.39, 0.29) is 31.3 Å². The highest BCUT2D eigenvalue weighted by atomic mass is 35.5. The van der Waals surface area contributed by atoms with E-state index in [0.29, 0.717) is 34.3 Å². The normalized spacial score (nSPS) is 11.2. The van der Waals surface area contributed by atoms with E-state index < -0.39 is 10.0 Å². The van der Waals surface area contributed by atoms with Gasteiger partial charge in [0, 0.05) is 29.6 Å². The van der Waals surface area contributed by atoms with Crippen LogP contribution in [0.4, 0.5) is 5.69 Å². The molecule has 0 aliphatic carbocycles. The number of halogens is 1. The summed E-state index contributed by atoms with van der Waals surface area (Å²) in [6.07, 6.45) is 1.58. The molecule has 0 radical (unpaired) electrons. The Morgan fingerprint density at radius 2 is 2.00 bits per heavy atom. The molecular formula is C21H23ClN4O5S. The molecule has 0 spiro atoms. The monoisotopic (exact) mass is 478 g/mol. The van der Waals surface area contributed by atoms with Gasteiger partial charge in [-0.2, -0.15) is 4.98 Å². The number of hydrogen-bond acceptors (Lipinski definition) is 7. The molecule has 1 heterocycles. The van der Waals surface area contributed by atoms with Gasteiger partial charge in [0.25, 0.3) is 0 Å². The molecule has 170 valence electrons. The zero-order valence-electron chi connectivity index (χ0n) is 17.6. The molecule has 1 N–H and O–H groups in total. The Hall–Kier alpha value is -3.11. The molecule has 0 unspecified atom stereocenters. The first-order valence-corrected chi connectivity index (χ1v) is 12.0. The van der Waals surface area contributed by atoms with Crippen LogP contribution in [0, 0.1) is 0 Å². The predicted molar refractivity (Wildman–Crippen MR) is 121 cm³/mol. The van der Waals surface area contributed by atoms with Gasteiger partial charge in [-0.15, -0.1) is 0 Å². The number of carbonyl (C=O) groups is 1. The Bertz CT molecular complexity index is 1180. The molecular weight excluding hydrogens is 456 g/mol. The molecule has 0 atom stereocenters. The van der Waals surface area contributed by atoms with Crippen LogP contribution in [0.15, 0.2) is 53.1 Å². The second-order valence-corrected chi connectivity index (χ2v) is 9.28. The molecule has 3 aromatic rings. The third-order valence-electron chi connectivity index (χ3n) is 4.49. The first-order chi connectivity index (χ1) is 15.3. The number of anilines is 1. The molecule has 0 fully saturated rings. The van der Waals surface area contributed by atoms with Crippen LogP contribution in [-0.2, 0) is 21.4 Å². The van der Waals surface area contributed by atoms with Crippen molar-refractivity contribution in [3.8, 4) is 17.1 Å². The number of benzene rings is 2. The highest BCUT2D eigenvalue weighted by Gasteiger charge is 2.18. The van der Waals surface area contributed by atoms with E-state index in [4.69, 9.17) is 20.9 Å². The number of aromatic nitrogens is 2. The molecule has 2 aromatic carbocycles. The van der Waals surface area contributed by atoms with E-state index in [2.05, 4.69) is 15.5 Å². The van der Waals surface area contributed by atoms with E-state index in [0.717, 1.165) is 6.26 Å². The van der Waals surface area contributed by atoms with Crippen molar-refractivity contribution in [3.05, 3.63) is 59.4 Å². The average Bonchev–Trinajstić information content (AvgIpc) is 3.23. The predicted octanol–water partition coefficient (Wildman–Crippen LogP) is 3.26. The maximum absolute atomic E-state index is 12.2. The number of hydrogen-bond donors (Lipinski definition) is 1. The molecule has 0 aliphatic heterocycles. The molecule has 1 aromatic heterocycles. The summed E-state index contributed by atoms with van der Waals surface area (Å²) in [4.78, 5) is 16.4. The van der Waals surface area contributed by atoms with E-state index in [9.17, 15) is 13.2 Å². The Labute approximate surface area is 191 Å². The van der Waals surface area contributed by atoms with Crippen LogP contribution in [0.1, 0.15) is 18.7 Å². The molecule has 9 nitrogen and oxygen atoms in total. The van der Waals surface area contributed by atoms with Gasteiger partial charge < -0.3 is 14.6 Å². The lowest BCUT2D eigenvalue weighted by atomic mass is 10.2. The molecule has 32 heavy (non-hydrogen) atoms. The lowest BCUT2D eigenvalue weighted by Crippen LogP contribution is -2.32. The number of amides is 1. The Kier molecular flexibility index (Phi) is 7.70. The molecule has 0 aliphatic rings. The molecule has 11 heteroatoms. The quantitative estimate of drug-likeness (QED) is 0.475. The zero-order chi connectivity index (χ0) is 23.1. The highest BCUT2D eigenvalue weighted by molar-refractivity contribution is 7.92. The van der Waals surface area contributed by atoms with Gasteiger partial charge in [-0.05, 0) is 30.7 Å². The molecule has 0 saturated heterocycles. The smallest absolute Gasteiger partial charge is 0.246 e. The summed E-state index contributed by atoms with van der Waals surface area (Å²) in [6, 6.07) is 13.8. The average molecular weight is 479 g/mol. The fraction of sp³-hybridized carbons (Fsp3) is 0.286. The number of sulfonamides is 1. The second-order valence-electron chi connectivity index (χ2n) is 6.94. The Morgan fingerprint density at radius 3 is 2.72 bits per heavy atom. The minimum absolute atomic E-state index is 0.0675. The first-order valence-electron chi connectivity index (χ1n) is 9.73. The van der Waals surface area contributed by atoms with Crippen LogP contribution in [0.3, 0.4) is 0 Å². The van der Waals surface area contributed by atoms with Crippen LogP contribution in [0.25, 0.3) is 11.4 Å². The van der Waals surface area contributed by atoms with E-state index in [1.165, 1.54) is 11.4 Å². The summed E-state index contributed by atoms with van der Waals surface area (Å²) in [5, 5.41) is 7.14. The molecule has 1 amide bonds. The van der Waals surface area contributed by atoms with Crippen molar-refractivity contribution in [2.24, 2.45) is 0 Å². The van der Waals surface area contributed by atoms with Crippen LogP contribution >= 0.6 is 11.6 Å². The van der Waals surface area contributed by atoms with Gasteiger partial charge in [0.1, 0.15) is 5.75 Å². The number of carbonyl (C=O) groups excluding carboxylic acids is 1. The maximum Gasteiger partial charge on any atom is 0.246 e. The number of rotatable bonds is 10. The van der Waals surface area contributed by atoms with Crippen molar-refractivity contribution in [1.29, 1.82) is 0 Å². The zero-order valence-corrected chi connectivity index (χ0v) is 19.2.